The largest absolute Gasteiger partial charge is 0.446 e. The molecule has 0 aliphatic carbocycles. The summed E-state index contributed by atoms with van der Waals surface area (Å²) < 4.78 is 63.0. The number of hydrogen-bond donors (Lipinski definition) is 0. The number of thioether (sulfide) groups is 1. The topological polar surface area (TPSA) is 12.4 Å². The van der Waals surface area contributed by atoms with Crippen molar-refractivity contribution in [3.8, 4) is 11.1 Å². The molecule has 1 aliphatic heterocycles. The van der Waals surface area contributed by atoms with Crippen LogP contribution < -0.4 is 4.59 Å². The lowest BCUT2D eigenvalue weighted by Gasteiger charge is -2.23. The Morgan fingerprint density at radius 3 is 2.23 bits per heavy atom. The molecule has 0 N–H and O–H groups in total. The predicted octanol–water partition coefficient (Wildman–Crippen LogP) is 6.05. The molecule has 1 atom stereocenters. The number of rotatable bonds is 4. The molecule has 1 aliphatic rings. The van der Waals surface area contributed by atoms with Gasteiger partial charge in [0.15, 0.2) is 11.4 Å². The van der Waals surface area contributed by atoms with Crippen LogP contribution >= 0.6 is 11.8 Å². The highest BCUT2D eigenvalue weighted by molar-refractivity contribution is 8.00. The molecule has 136 valence electrons. The zero-order valence-electron chi connectivity index (χ0n) is 13.5. The average molecular weight is 385 g/mol. The van der Waals surface area contributed by atoms with Crippen molar-refractivity contribution in [2.45, 2.75) is 16.8 Å². The maximum Gasteiger partial charge on any atom is 0.446 e. The molecule has 0 amide bonds. The highest BCUT2D eigenvalue weighted by Gasteiger charge is 2.34. The number of benzene rings is 2. The molecule has 8 heteroatoms. The van der Waals surface area contributed by atoms with E-state index in [0.29, 0.717) is 16.8 Å². The normalized spacial score (nSPS) is 19.9. The Morgan fingerprint density at radius 2 is 1.65 bits per heavy atom. The van der Waals surface area contributed by atoms with Gasteiger partial charge in [-0.1, -0.05) is 29.4 Å². The average Bonchev–Trinajstić information content (AvgIpc) is 2.98. The van der Waals surface area contributed by atoms with Crippen molar-refractivity contribution in [3.63, 3.8) is 0 Å². The molecule has 3 rings (SSSR count). The summed E-state index contributed by atoms with van der Waals surface area (Å²) in [6.07, 6.45) is 0.163. The number of alkyl halides is 5. The summed E-state index contributed by atoms with van der Waals surface area (Å²) in [5, 5.41) is 4.08. The lowest BCUT2D eigenvalue weighted by atomic mass is 10.0. The first-order valence-electron chi connectivity index (χ1n) is 7.57. The fraction of sp³-hybridized carbons (Fsp3) is 0.167. The predicted molar refractivity (Wildman–Crippen MR) is 94.1 cm³/mol. The smallest absolute Gasteiger partial charge is 0.203 e. The number of quaternary nitrogens is 1. The van der Waals surface area contributed by atoms with E-state index in [-0.39, 0.29) is 27.0 Å². The zero-order chi connectivity index (χ0) is 18.9. The Bertz CT molecular complexity index is 859. The van der Waals surface area contributed by atoms with Gasteiger partial charge in [0.25, 0.3) is 6.43 Å². The van der Waals surface area contributed by atoms with Crippen molar-refractivity contribution in [2.24, 2.45) is 5.10 Å². The third kappa shape index (κ3) is 3.96. The van der Waals surface area contributed by atoms with Gasteiger partial charge in [0.1, 0.15) is 13.2 Å². The second kappa shape index (κ2) is 6.85. The molecular weight excluding hydrogens is 371 g/mol. The lowest BCUT2D eigenvalue weighted by Crippen LogP contribution is -2.31. The van der Waals surface area contributed by atoms with Gasteiger partial charge in [0.2, 0.25) is 0 Å². The molecule has 0 saturated carbocycles. The van der Waals surface area contributed by atoms with Crippen LogP contribution in [0.5, 0.6) is 0 Å². The van der Waals surface area contributed by atoms with Crippen molar-refractivity contribution < 1.29 is 22.0 Å². The summed E-state index contributed by atoms with van der Waals surface area (Å²) in [6.45, 7) is 0. The van der Waals surface area contributed by atoms with E-state index in [1.54, 1.807) is 49.6 Å². The van der Waals surface area contributed by atoms with Crippen molar-refractivity contribution >= 4 is 23.2 Å². The molecule has 1 unspecified atom stereocenters. The number of hydrogen-bond acceptors (Lipinski definition) is 2. The quantitative estimate of drug-likeness (QED) is 0.354. The molecule has 0 aromatic heterocycles. The van der Waals surface area contributed by atoms with Crippen LogP contribution in [0.15, 0.2) is 70.8 Å². The molecule has 0 bridgehead atoms. The van der Waals surface area contributed by atoms with Crippen molar-refractivity contribution in [1.29, 1.82) is 0 Å². The molecule has 1 heterocycles. The summed E-state index contributed by atoms with van der Waals surface area (Å²) >= 11 is -0.183. The van der Waals surface area contributed by atoms with E-state index in [9.17, 15) is 22.0 Å². The van der Waals surface area contributed by atoms with Gasteiger partial charge in [-0.25, -0.2) is 8.78 Å². The molecule has 0 radical (unpaired) electrons. The van der Waals surface area contributed by atoms with Crippen LogP contribution in [0.3, 0.4) is 0 Å². The minimum absolute atomic E-state index is 0.0817. The lowest BCUT2D eigenvalue weighted by molar-refractivity contribution is -0.0328. The molecule has 0 saturated heterocycles. The second-order valence-corrected chi connectivity index (χ2v) is 6.90. The number of allylic oxidation sites excluding steroid dienone is 1. The standard InChI is InChI=1S/C18H14F5N2S/c1-25(11-10-15(24-25)17(19)20)16-5-3-2-4-14(16)12-6-8-13(9-7-12)26-18(21,22)23/h2-11,17H,1H3/q+1. The van der Waals surface area contributed by atoms with E-state index in [0.717, 1.165) is 0 Å². The Morgan fingerprint density at radius 1 is 1.00 bits per heavy atom. The Hall–Kier alpha value is -2.19. The summed E-state index contributed by atoms with van der Waals surface area (Å²) in [5.74, 6) is 0. The molecule has 0 spiro atoms. The number of para-hydroxylation sites is 1. The van der Waals surface area contributed by atoms with Crippen molar-refractivity contribution in [2.75, 3.05) is 7.05 Å². The summed E-state index contributed by atoms with van der Waals surface area (Å²) in [6, 6.07) is 13.0. The number of nitrogens with zero attached hydrogens (tertiary/aromatic N) is 2. The van der Waals surface area contributed by atoms with Gasteiger partial charge in [0.05, 0.1) is 0 Å². The molecule has 26 heavy (non-hydrogen) atoms. The van der Waals surface area contributed by atoms with Gasteiger partial charge in [-0.05, 0) is 35.5 Å². The van der Waals surface area contributed by atoms with Gasteiger partial charge in [-0.15, -0.1) is 4.59 Å². The summed E-state index contributed by atoms with van der Waals surface area (Å²) in [7, 11) is 1.67. The fourth-order valence-corrected chi connectivity index (χ4v) is 3.27. The van der Waals surface area contributed by atoms with Crippen LogP contribution in [0, 0.1) is 0 Å². The van der Waals surface area contributed by atoms with E-state index in [1.165, 1.54) is 18.2 Å². The highest BCUT2D eigenvalue weighted by Crippen LogP contribution is 2.40. The molecule has 2 aromatic carbocycles. The van der Waals surface area contributed by atoms with E-state index in [2.05, 4.69) is 5.10 Å². The van der Waals surface area contributed by atoms with Gasteiger partial charge >= 0.3 is 5.51 Å². The fourth-order valence-electron chi connectivity index (χ4n) is 2.73. The second-order valence-electron chi connectivity index (χ2n) is 5.76. The van der Waals surface area contributed by atoms with E-state index >= 15 is 0 Å². The Kier molecular flexibility index (Phi) is 4.90. The summed E-state index contributed by atoms with van der Waals surface area (Å²) in [4.78, 5) is 0.0817. The van der Waals surface area contributed by atoms with Crippen LogP contribution in [0.4, 0.5) is 27.6 Å². The first-order chi connectivity index (χ1) is 12.2. The number of halogens is 5. The van der Waals surface area contributed by atoms with Crippen molar-refractivity contribution in [1.82, 2.24) is 4.59 Å². The summed E-state index contributed by atoms with van der Waals surface area (Å²) in [5.41, 5.74) is -2.61. The Labute approximate surface area is 151 Å². The van der Waals surface area contributed by atoms with Crippen LogP contribution in [0.2, 0.25) is 0 Å². The van der Waals surface area contributed by atoms with Gasteiger partial charge in [-0.3, -0.25) is 0 Å². The van der Waals surface area contributed by atoms with E-state index in [1.807, 2.05) is 0 Å². The minimum Gasteiger partial charge on any atom is -0.203 e. The molecule has 2 aromatic rings. The first kappa shape index (κ1) is 18.6. The SMILES string of the molecule is C[N+]1(c2ccccc2-c2ccc(SC(F)(F)F)cc2)C=CC(C(F)F)=N1. The highest BCUT2D eigenvalue weighted by atomic mass is 32.2. The zero-order valence-corrected chi connectivity index (χ0v) is 14.4. The molecule has 2 nitrogen and oxygen atoms in total. The van der Waals surface area contributed by atoms with Crippen LogP contribution in [0.25, 0.3) is 11.1 Å². The minimum atomic E-state index is -4.35. The monoisotopic (exact) mass is 385 g/mol. The van der Waals surface area contributed by atoms with Crippen LogP contribution in [0.1, 0.15) is 0 Å². The van der Waals surface area contributed by atoms with Crippen molar-refractivity contribution in [3.05, 3.63) is 60.8 Å². The Balaban J connectivity index is 1.97. The molecular formula is C18H14F5N2S+. The van der Waals surface area contributed by atoms with Gasteiger partial charge in [-0.2, -0.15) is 13.2 Å². The van der Waals surface area contributed by atoms with E-state index < -0.39 is 11.9 Å². The van der Waals surface area contributed by atoms with E-state index in [4.69, 9.17) is 0 Å². The van der Waals surface area contributed by atoms with Crippen LogP contribution in [-0.2, 0) is 0 Å². The maximum atomic E-state index is 12.9. The molecule has 0 fully saturated rings. The first-order valence-corrected chi connectivity index (χ1v) is 8.39. The maximum absolute atomic E-state index is 12.9. The third-order valence-electron chi connectivity index (χ3n) is 3.87. The van der Waals surface area contributed by atoms with Crippen LogP contribution in [-0.4, -0.2) is 24.7 Å². The van der Waals surface area contributed by atoms with Gasteiger partial charge < -0.3 is 0 Å². The third-order valence-corrected chi connectivity index (χ3v) is 4.61. The van der Waals surface area contributed by atoms with Gasteiger partial charge in [0, 0.05) is 22.6 Å².